The van der Waals surface area contributed by atoms with Gasteiger partial charge in [-0.2, -0.15) is 13.2 Å². The molecule has 5 nitrogen and oxygen atoms in total. The van der Waals surface area contributed by atoms with Gasteiger partial charge in [0.2, 0.25) is 5.91 Å². The average molecular weight is 343 g/mol. The highest BCUT2D eigenvalue weighted by molar-refractivity contribution is 5.79. The highest BCUT2D eigenvalue weighted by Gasteiger charge is 2.40. The summed E-state index contributed by atoms with van der Waals surface area (Å²) in [4.78, 5) is 22.1. The van der Waals surface area contributed by atoms with E-state index in [0.29, 0.717) is 38.2 Å². The van der Waals surface area contributed by atoms with Gasteiger partial charge in [0.15, 0.2) is 5.69 Å². The van der Waals surface area contributed by atoms with Crippen LogP contribution in [0.5, 0.6) is 0 Å². The van der Waals surface area contributed by atoms with Crippen LogP contribution in [0.4, 0.5) is 13.2 Å². The SMILES string of the molecule is Cc1nc2c(c(C(F)(F)F)n1)C[C@H](C(=O)N1CCO[C@H](C)C1)CC2. The second-order valence-electron chi connectivity index (χ2n) is 6.45. The Morgan fingerprint density at radius 2 is 2.08 bits per heavy atom. The Kier molecular flexibility index (Phi) is 4.50. The number of amides is 1. The first-order chi connectivity index (χ1) is 11.3. The Hall–Kier alpha value is -1.70. The highest BCUT2D eigenvalue weighted by Crippen LogP contribution is 2.36. The lowest BCUT2D eigenvalue weighted by Crippen LogP contribution is -2.48. The molecule has 24 heavy (non-hydrogen) atoms. The summed E-state index contributed by atoms with van der Waals surface area (Å²) in [6.07, 6.45) is -3.63. The lowest BCUT2D eigenvalue weighted by molar-refractivity contribution is -0.145. The molecule has 0 radical (unpaired) electrons. The van der Waals surface area contributed by atoms with E-state index in [1.54, 1.807) is 4.90 Å². The third kappa shape index (κ3) is 3.38. The molecule has 0 bridgehead atoms. The van der Waals surface area contributed by atoms with Crippen molar-refractivity contribution in [2.75, 3.05) is 19.7 Å². The summed E-state index contributed by atoms with van der Waals surface area (Å²) in [5.41, 5.74) is -0.383. The number of rotatable bonds is 1. The second kappa shape index (κ2) is 6.31. The van der Waals surface area contributed by atoms with Crippen LogP contribution in [0, 0.1) is 12.8 Å². The average Bonchev–Trinajstić information content (AvgIpc) is 2.52. The maximum atomic E-state index is 13.3. The van der Waals surface area contributed by atoms with Gasteiger partial charge >= 0.3 is 6.18 Å². The first-order valence-electron chi connectivity index (χ1n) is 8.09. The maximum Gasteiger partial charge on any atom is 0.433 e. The lowest BCUT2D eigenvalue weighted by atomic mass is 9.84. The topological polar surface area (TPSA) is 55.3 Å². The van der Waals surface area contributed by atoms with E-state index in [-0.39, 0.29) is 29.8 Å². The molecule has 0 unspecified atom stereocenters. The van der Waals surface area contributed by atoms with Crippen molar-refractivity contribution < 1.29 is 22.7 Å². The number of carbonyl (C=O) groups is 1. The van der Waals surface area contributed by atoms with Crippen molar-refractivity contribution in [1.29, 1.82) is 0 Å². The minimum atomic E-state index is -4.53. The molecule has 2 atom stereocenters. The fraction of sp³-hybridized carbons (Fsp3) is 0.688. The van der Waals surface area contributed by atoms with Crippen LogP contribution in [-0.2, 0) is 28.5 Å². The Morgan fingerprint density at radius 1 is 1.33 bits per heavy atom. The zero-order valence-corrected chi connectivity index (χ0v) is 13.7. The van der Waals surface area contributed by atoms with Gasteiger partial charge in [-0.1, -0.05) is 0 Å². The predicted molar refractivity (Wildman–Crippen MR) is 79.3 cm³/mol. The molecule has 1 aliphatic carbocycles. The number of aromatic nitrogens is 2. The summed E-state index contributed by atoms with van der Waals surface area (Å²) in [7, 11) is 0. The standard InChI is InChI=1S/C16H20F3N3O2/c1-9-8-22(5-6-24-9)15(23)11-3-4-13-12(7-11)14(16(17,18)19)21-10(2)20-13/h9,11H,3-8H2,1-2H3/t9-,11-/m1/s1. The summed E-state index contributed by atoms with van der Waals surface area (Å²) in [6, 6.07) is 0. The molecule has 2 aliphatic rings. The summed E-state index contributed by atoms with van der Waals surface area (Å²) >= 11 is 0. The van der Waals surface area contributed by atoms with E-state index in [2.05, 4.69) is 9.97 Å². The van der Waals surface area contributed by atoms with Crippen molar-refractivity contribution in [3.63, 3.8) is 0 Å². The van der Waals surface area contributed by atoms with Crippen LogP contribution in [0.15, 0.2) is 0 Å². The number of alkyl halides is 3. The quantitative estimate of drug-likeness (QED) is 0.784. The molecule has 132 valence electrons. The van der Waals surface area contributed by atoms with Crippen molar-refractivity contribution in [1.82, 2.24) is 14.9 Å². The van der Waals surface area contributed by atoms with Gasteiger partial charge in [-0.25, -0.2) is 9.97 Å². The monoisotopic (exact) mass is 343 g/mol. The van der Waals surface area contributed by atoms with Crippen molar-refractivity contribution in [2.24, 2.45) is 5.92 Å². The molecule has 1 amide bonds. The Bertz CT molecular complexity index is 648. The largest absolute Gasteiger partial charge is 0.433 e. The first kappa shape index (κ1) is 17.1. The summed E-state index contributed by atoms with van der Waals surface area (Å²) in [6.45, 7) is 4.78. The second-order valence-corrected chi connectivity index (χ2v) is 6.45. The molecule has 1 aromatic rings. The molecule has 2 heterocycles. The van der Waals surface area contributed by atoms with E-state index < -0.39 is 17.8 Å². The van der Waals surface area contributed by atoms with Crippen LogP contribution in [0.1, 0.15) is 36.1 Å². The molecule has 0 spiro atoms. The number of ether oxygens (including phenoxy) is 1. The van der Waals surface area contributed by atoms with Crippen molar-refractivity contribution in [2.45, 2.75) is 45.4 Å². The molecular weight excluding hydrogens is 323 g/mol. The maximum absolute atomic E-state index is 13.3. The summed E-state index contributed by atoms with van der Waals surface area (Å²) < 4.78 is 45.3. The van der Waals surface area contributed by atoms with Crippen LogP contribution in [0.3, 0.4) is 0 Å². The number of carbonyl (C=O) groups excluding carboxylic acids is 1. The van der Waals surface area contributed by atoms with Crippen LogP contribution >= 0.6 is 0 Å². The lowest BCUT2D eigenvalue weighted by Gasteiger charge is -2.35. The van der Waals surface area contributed by atoms with E-state index in [4.69, 9.17) is 4.74 Å². The Morgan fingerprint density at radius 3 is 2.75 bits per heavy atom. The van der Waals surface area contributed by atoms with E-state index in [1.807, 2.05) is 6.92 Å². The minimum absolute atomic E-state index is 0.0460. The number of aryl methyl sites for hydroxylation is 2. The van der Waals surface area contributed by atoms with E-state index in [0.717, 1.165) is 0 Å². The highest BCUT2D eigenvalue weighted by atomic mass is 19.4. The molecule has 8 heteroatoms. The number of hydrogen-bond donors (Lipinski definition) is 0. The molecule has 0 aromatic carbocycles. The third-order valence-electron chi connectivity index (χ3n) is 4.56. The van der Waals surface area contributed by atoms with Crippen LogP contribution < -0.4 is 0 Å². The Labute approximate surface area is 138 Å². The molecule has 1 aromatic heterocycles. The Balaban J connectivity index is 1.84. The number of morpholine rings is 1. The molecule has 0 saturated carbocycles. The van der Waals surface area contributed by atoms with Crippen molar-refractivity contribution in [3.8, 4) is 0 Å². The fourth-order valence-electron chi connectivity index (χ4n) is 3.46. The zero-order chi connectivity index (χ0) is 17.5. The van der Waals surface area contributed by atoms with Gasteiger partial charge in [0, 0.05) is 30.3 Å². The number of hydrogen-bond acceptors (Lipinski definition) is 4. The molecule has 0 N–H and O–H groups in total. The van der Waals surface area contributed by atoms with E-state index in [1.165, 1.54) is 6.92 Å². The van der Waals surface area contributed by atoms with Gasteiger partial charge in [0.05, 0.1) is 12.7 Å². The summed E-state index contributed by atoms with van der Waals surface area (Å²) in [5, 5.41) is 0. The van der Waals surface area contributed by atoms with Gasteiger partial charge < -0.3 is 9.64 Å². The van der Waals surface area contributed by atoms with Crippen molar-refractivity contribution >= 4 is 5.91 Å². The molecular formula is C16H20F3N3O2. The number of fused-ring (bicyclic) bond motifs is 1. The van der Waals surface area contributed by atoms with Gasteiger partial charge in [-0.15, -0.1) is 0 Å². The molecule has 1 fully saturated rings. The van der Waals surface area contributed by atoms with Crippen molar-refractivity contribution in [3.05, 3.63) is 22.8 Å². The molecule has 1 aliphatic heterocycles. The van der Waals surface area contributed by atoms with Crippen LogP contribution in [0.2, 0.25) is 0 Å². The van der Waals surface area contributed by atoms with E-state index >= 15 is 0 Å². The van der Waals surface area contributed by atoms with Gasteiger partial charge in [-0.05, 0) is 33.1 Å². The van der Waals surface area contributed by atoms with Gasteiger partial charge in [0.25, 0.3) is 0 Å². The minimum Gasteiger partial charge on any atom is -0.375 e. The normalized spacial score (nSPS) is 24.6. The number of nitrogens with zero attached hydrogens (tertiary/aromatic N) is 3. The van der Waals surface area contributed by atoms with Crippen LogP contribution in [0.25, 0.3) is 0 Å². The third-order valence-corrected chi connectivity index (χ3v) is 4.56. The van der Waals surface area contributed by atoms with Crippen LogP contribution in [-0.4, -0.2) is 46.6 Å². The predicted octanol–water partition coefficient (Wildman–Crippen LogP) is 2.16. The fourth-order valence-corrected chi connectivity index (χ4v) is 3.46. The molecule has 3 rings (SSSR count). The van der Waals surface area contributed by atoms with Gasteiger partial charge in [-0.3, -0.25) is 4.79 Å². The first-order valence-corrected chi connectivity index (χ1v) is 8.09. The van der Waals surface area contributed by atoms with E-state index in [9.17, 15) is 18.0 Å². The number of halogens is 3. The zero-order valence-electron chi connectivity index (χ0n) is 13.7. The molecule has 1 saturated heterocycles. The van der Waals surface area contributed by atoms with Gasteiger partial charge in [0.1, 0.15) is 5.82 Å². The smallest absolute Gasteiger partial charge is 0.375 e. The summed E-state index contributed by atoms with van der Waals surface area (Å²) in [5.74, 6) is -0.424.